The summed E-state index contributed by atoms with van der Waals surface area (Å²) in [4.78, 5) is 12.9. The lowest BCUT2D eigenvalue weighted by Gasteiger charge is -2.44. The maximum absolute atomic E-state index is 13.6. The second-order valence-corrected chi connectivity index (χ2v) is 6.86. The largest absolute Gasteiger partial charge is 0.465 e. The molecule has 21 heavy (non-hydrogen) atoms. The van der Waals surface area contributed by atoms with E-state index in [4.69, 9.17) is 5.73 Å². The number of hydrogen-bond acceptors (Lipinski definition) is 2. The average Bonchev–Trinajstić information content (AvgIpc) is 2.40. The highest BCUT2D eigenvalue weighted by molar-refractivity contribution is 5.65. The molecule has 0 bridgehead atoms. The second kappa shape index (κ2) is 5.54. The first-order valence-corrected chi connectivity index (χ1v) is 7.24. The van der Waals surface area contributed by atoms with E-state index in [1.165, 1.54) is 11.0 Å². The number of nitrogen functional groups attached to an aromatic ring is 1. The van der Waals surface area contributed by atoms with Gasteiger partial charge < -0.3 is 15.7 Å². The van der Waals surface area contributed by atoms with E-state index in [0.717, 1.165) is 5.56 Å². The number of anilines is 1. The summed E-state index contributed by atoms with van der Waals surface area (Å²) in [6.45, 7) is 6.60. The summed E-state index contributed by atoms with van der Waals surface area (Å²) < 4.78 is 13.6. The Balaban J connectivity index is 2.25. The third-order valence-electron chi connectivity index (χ3n) is 4.34. The van der Waals surface area contributed by atoms with Gasteiger partial charge in [-0.15, -0.1) is 0 Å². The molecule has 116 valence electrons. The molecule has 1 aliphatic rings. The molecule has 0 radical (unpaired) electrons. The highest BCUT2D eigenvalue weighted by Crippen LogP contribution is 2.39. The molecule has 0 saturated carbocycles. The Morgan fingerprint density at radius 2 is 2.10 bits per heavy atom. The van der Waals surface area contributed by atoms with Crippen molar-refractivity contribution in [3.63, 3.8) is 0 Å². The quantitative estimate of drug-likeness (QED) is 0.776. The first-order valence-electron chi connectivity index (χ1n) is 7.24. The zero-order valence-corrected chi connectivity index (χ0v) is 12.8. The number of nitrogens with zero attached hydrogens (tertiary/aromatic N) is 1. The lowest BCUT2D eigenvalue weighted by molar-refractivity contribution is 0.0525. The van der Waals surface area contributed by atoms with Crippen molar-refractivity contribution in [3.8, 4) is 0 Å². The van der Waals surface area contributed by atoms with Gasteiger partial charge in [-0.3, -0.25) is 0 Å². The SMILES string of the molecule is CC(C)(C)C1CC(c2ccc(N)c(F)c2)CCN1C(=O)O. The van der Waals surface area contributed by atoms with E-state index >= 15 is 0 Å². The van der Waals surface area contributed by atoms with Gasteiger partial charge in [0.1, 0.15) is 5.82 Å². The fourth-order valence-electron chi connectivity index (χ4n) is 3.12. The molecule has 0 aromatic heterocycles. The molecule has 1 aromatic rings. The van der Waals surface area contributed by atoms with Crippen LogP contribution in [0.25, 0.3) is 0 Å². The standard InChI is InChI=1S/C16H23FN2O2/c1-16(2,3)14-9-11(6-7-19(14)15(20)21)10-4-5-13(18)12(17)8-10/h4-5,8,11,14H,6-7,9,18H2,1-3H3,(H,20,21). The maximum atomic E-state index is 13.6. The smallest absolute Gasteiger partial charge is 0.407 e. The molecule has 1 aliphatic heterocycles. The normalized spacial score (nSPS) is 23.1. The summed E-state index contributed by atoms with van der Waals surface area (Å²) in [6.07, 6.45) is 0.540. The second-order valence-electron chi connectivity index (χ2n) is 6.86. The van der Waals surface area contributed by atoms with Crippen LogP contribution in [0.2, 0.25) is 0 Å². The van der Waals surface area contributed by atoms with Crippen molar-refractivity contribution in [1.82, 2.24) is 4.90 Å². The van der Waals surface area contributed by atoms with E-state index in [-0.39, 0.29) is 23.1 Å². The van der Waals surface area contributed by atoms with E-state index in [0.29, 0.717) is 19.4 Å². The molecule has 1 saturated heterocycles. The molecule has 4 nitrogen and oxygen atoms in total. The number of benzene rings is 1. The Morgan fingerprint density at radius 1 is 1.43 bits per heavy atom. The van der Waals surface area contributed by atoms with Crippen LogP contribution in [0.15, 0.2) is 18.2 Å². The molecular formula is C16H23FN2O2. The van der Waals surface area contributed by atoms with Gasteiger partial charge in [-0.2, -0.15) is 0 Å². The molecule has 1 fully saturated rings. The van der Waals surface area contributed by atoms with Crippen molar-refractivity contribution in [2.45, 2.75) is 45.6 Å². The van der Waals surface area contributed by atoms with Gasteiger partial charge in [0.15, 0.2) is 0 Å². The molecule has 1 amide bonds. The Kier molecular flexibility index (Phi) is 4.12. The van der Waals surface area contributed by atoms with E-state index < -0.39 is 11.9 Å². The van der Waals surface area contributed by atoms with Gasteiger partial charge in [-0.05, 0) is 41.9 Å². The third kappa shape index (κ3) is 3.28. The minimum atomic E-state index is -0.878. The molecular weight excluding hydrogens is 271 g/mol. The number of hydrogen-bond donors (Lipinski definition) is 2. The van der Waals surface area contributed by atoms with Crippen LogP contribution in [0.3, 0.4) is 0 Å². The van der Waals surface area contributed by atoms with Gasteiger partial charge in [0, 0.05) is 12.6 Å². The minimum absolute atomic E-state index is 0.0747. The van der Waals surface area contributed by atoms with Crippen molar-refractivity contribution in [3.05, 3.63) is 29.6 Å². The molecule has 3 N–H and O–H groups in total. The molecule has 1 aromatic carbocycles. The van der Waals surface area contributed by atoms with Gasteiger partial charge in [0.25, 0.3) is 0 Å². The Hall–Kier alpha value is -1.78. The summed E-state index contributed by atoms with van der Waals surface area (Å²) in [7, 11) is 0. The van der Waals surface area contributed by atoms with E-state index in [9.17, 15) is 14.3 Å². The summed E-state index contributed by atoms with van der Waals surface area (Å²) in [5, 5.41) is 9.36. The molecule has 1 heterocycles. The average molecular weight is 294 g/mol. The predicted molar refractivity (Wildman–Crippen MR) is 80.8 cm³/mol. The van der Waals surface area contributed by atoms with Crippen molar-refractivity contribution < 1.29 is 14.3 Å². The van der Waals surface area contributed by atoms with E-state index in [1.54, 1.807) is 6.07 Å². The summed E-state index contributed by atoms with van der Waals surface area (Å²) in [6, 6.07) is 4.84. The van der Waals surface area contributed by atoms with Crippen LogP contribution < -0.4 is 5.73 Å². The van der Waals surface area contributed by atoms with Crippen molar-refractivity contribution in [2.24, 2.45) is 5.41 Å². The number of piperidine rings is 1. The number of carboxylic acid groups (broad SMARTS) is 1. The van der Waals surface area contributed by atoms with Crippen molar-refractivity contribution in [2.75, 3.05) is 12.3 Å². The first-order chi connectivity index (χ1) is 9.70. The third-order valence-corrected chi connectivity index (χ3v) is 4.34. The lowest BCUT2D eigenvalue weighted by Crippen LogP contribution is -2.51. The van der Waals surface area contributed by atoms with Gasteiger partial charge in [-0.1, -0.05) is 26.8 Å². The van der Waals surface area contributed by atoms with Crippen molar-refractivity contribution >= 4 is 11.8 Å². The number of amides is 1. The molecule has 2 atom stereocenters. The Bertz CT molecular complexity index is 540. The van der Waals surface area contributed by atoms with Gasteiger partial charge in [0.05, 0.1) is 5.69 Å². The van der Waals surface area contributed by atoms with Crippen LogP contribution in [-0.4, -0.2) is 28.7 Å². The topological polar surface area (TPSA) is 66.6 Å². The minimum Gasteiger partial charge on any atom is -0.465 e. The zero-order valence-electron chi connectivity index (χ0n) is 12.8. The lowest BCUT2D eigenvalue weighted by atomic mass is 9.75. The van der Waals surface area contributed by atoms with Crippen molar-refractivity contribution in [1.29, 1.82) is 0 Å². The highest BCUT2D eigenvalue weighted by Gasteiger charge is 2.39. The van der Waals surface area contributed by atoms with Crippen LogP contribution in [0.5, 0.6) is 0 Å². The summed E-state index contributed by atoms with van der Waals surface area (Å²) in [5.41, 5.74) is 6.42. The zero-order chi connectivity index (χ0) is 15.8. The molecule has 5 heteroatoms. The number of halogens is 1. The molecule has 0 spiro atoms. The van der Waals surface area contributed by atoms with Crippen LogP contribution in [0.4, 0.5) is 14.9 Å². The monoisotopic (exact) mass is 294 g/mol. The number of rotatable bonds is 1. The highest BCUT2D eigenvalue weighted by atomic mass is 19.1. The van der Waals surface area contributed by atoms with Crippen LogP contribution in [0.1, 0.15) is 45.1 Å². The van der Waals surface area contributed by atoms with Crippen LogP contribution in [0, 0.1) is 11.2 Å². The summed E-state index contributed by atoms with van der Waals surface area (Å²) >= 11 is 0. The fraction of sp³-hybridized carbons (Fsp3) is 0.562. The molecule has 2 rings (SSSR count). The molecule has 2 unspecified atom stereocenters. The molecule has 0 aliphatic carbocycles. The number of likely N-dealkylation sites (tertiary alicyclic amines) is 1. The van der Waals surface area contributed by atoms with E-state index in [2.05, 4.69) is 0 Å². The Labute approximate surface area is 124 Å². The van der Waals surface area contributed by atoms with Gasteiger partial charge in [-0.25, -0.2) is 9.18 Å². The van der Waals surface area contributed by atoms with Gasteiger partial charge >= 0.3 is 6.09 Å². The van der Waals surface area contributed by atoms with Crippen LogP contribution >= 0.6 is 0 Å². The van der Waals surface area contributed by atoms with Crippen LogP contribution in [-0.2, 0) is 0 Å². The first kappa shape index (κ1) is 15.6. The maximum Gasteiger partial charge on any atom is 0.407 e. The number of carbonyl (C=O) groups is 1. The van der Waals surface area contributed by atoms with Gasteiger partial charge in [0.2, 0.25) is 0 Å². The Morgan fingerprint density at radius 3 is 2.62 bits per heavy atom. The summed E-state index contributed by atoms with van der Waals surface area (Å²) in [5.74, 6) is -0.236. The fourth-order valence-corrected chi connectivity index (χ4v) is 3.12. The van der Waals surface area contributed by atoms with E-state index in [1.807, 2.05) is 26.8 Å². The number of nitrogens with two attached hydrogens (primary N) is 1. The predicted octanol–water partition coefficient (Wildman–Crippen LogP) is 3.68.